The highest BCUT2D eigenvalue weighted by Gasteiger charge is 2.24. The van der Waals surface area contributed by atoms with Crippen molar-refractivity contribution >= 4 is 5.82 Å². The van der Waals surface area contributed by atoms with Gasteiger partial charge in [0.1, 0.15) is 12.1 Å². The first-order chi connectivity index (χ1) is 8.18. The second-order valence-electron chi connectivity index (χ2n) is 5.05. The second-order valence-corrected chi connectivity index (χ2v) is 5.05. The van der Waals surface area contributed by atoms with Crippen molar-refractivity contribution in [2.75, 3.05) is 11.9 Å². The number of anilines is 1. The van der Waals surface area contributed by atoms with Crippen LogP contribution >= 0.6 is 0 Å². The molecule has 2 rings (SSSR count). The van der Waals surface area contributed by atoms with Gasteiger partial charge in [0, 0.05) is 11.3 Å². The molecule has 17 heavy (non-hydrogen) atoms. The Morgan fingerprint density at radius 3 is 2.82 bits per heavy atom. The van der Waals surface area contributed by atoms with Gasteiger partial charge in [-0.15, -0.1) is 0 Å². The molecule has 2 N–H and O–H groups in total. The molecule has 0 spiro atoms. The second kappa shape index (κ2) is 5.00. The molecule has 1 heterocycles. The molecule has 0 saturated heterocycles. The third-order valence-electron chi connectivity index (χ3n) is 3.67. The van der Waals surface area contributed by atoms with E-state index >= 15 is 0 Å². The Hall–Kier alpha value is -1.16. The molecule has 0 aliphatic heterocycles. The summed E-state index contributed by atoms with van der Waals surface area (Å²) in [6.07, 6.45) is 7.01. The summed E-state index contributed by atoms with van der Waals surface area (Å²) in [5.41, 5.74) is 2.12. The number of aliphatic hydroxyl groups excluding tert-OH is 1. The van der Waals surface area contributed by atoms with Crippen LogP contribution in [0.25, 0.3) is 0 Å². The van der Waals surface area contributed by atoms with E-state index in [4.69, 9.17) is 0 Å². The normalized spacial score (nSPS) is 18.3. The molecule has 4 nitrogen and oxygen atoms in total. The molecule has 0 fully saturated rings. The van der Waals surface area contributed by atoms with Crippen LogP contribution in [0.3, 0.4) is 0 Å². The third kappa shape index (κ3) is 2.57. The van der Waals surface area contributed by atoms with Crippen LogP contribution in [0.5, 0.6) is 0 Å². The van der Waals surface area contributed by atoms with Crippen LogP contribution in [-0.2, 0) is 12.8 Å². The lowest BCUT2D eigenvalue weighted by Crippen LogP contribution is -2.39. The van der Waals surface area contributed by atoms with Gasteiger partial charge >= 0.3 is 0 Å². The Bertz CT molecular complexity index is 388. The Morgan fingerprint density at radius 1 is 1.35 bits per heavy atom. The first-order valence-corrected chi connectivity index (χ1v) is 6.40. The number of aromatic nitrogens is 2. The van der Waals surface area contributed by atoms with Crippen molar-refractivity contribution < 1.29 is 5.11 Å². The molecule has 1 aliphatic rings. The van der Waals surface area contributed by atoms with E-state index in [1.165, 1.54) is 24.1 Å². The lowest BCUT2D eigenvalue weighted by Gasteiger charge is -2.30. The van der Waals surface area contributed by atoms with Crippen molar-refractivity contribution in [3.63, 3.8) is 0 Å². The summed E-state index contributed by atoms with van der Waals surface area (Å²) in [7, 11) is 0. The van der Waals surface area contributed by atoms with Crippen molar-refractivity contribution in [1.82, 2.24) is 9.97 Å². The van der Waals surface area contributed by atoms with Gasteiger partial charge in [-0.25, -0.2) is 9.97 Å². The number of hydrogen-bond donors (Lipinski definition) is 2. The van der Waals surface area contributed by atoms with Gasteiger partial charge in [-0.05, 0) is 39.0 Å². The number of aliphatic hydroxyl groups is 1. The fourth-order valence-electron chi connectivity index (χ4n) is 2.15. The minimum absolute atomic E-state index is 0.113. The minimum Gasteiger partial charge on any atom is -0.394 e. The minimum atomic E-state index is -0.292. The van der Waals surface area contributed by atoms with Crippen molar-refractivity contribution in [2.45, 2.75) is 51.5 Å². The molecule has 0 amide bonds. The van der Waals surface area contributed by atoms with Crippen molar-refractivity contribution in [2.24, 2.45) is 0 Å². The molecular formula is C13H21N3O. The zero-order valence-electron chi connectivity index (χ0n) is 10.7. The quantitative estimate of drug-likeness (QED) is 0.837. The largest absolute Gasteiger partial charge is 0.394 e. The maximum atomic E-state index is 9.44. The number of rotatable bonds is 4. The van der Waals surface area contributed by atoms with Crippen LogP contribution in [0.4, 0.5) is 5.82 Å². The van der Waals surface area contributed by atoms with Crippen LogP contribution in [0.15, 0.2) is 6.33 Å². The predicted octanol–water partition coefficient (Wildman–Crippen LogP) is 1.93. The molecule has 0 saturated carbocycles. The fourth-order valence-corrected chi connectivity index (χ4v) is 2.15. The maximum Gasteiger partial charge on any atom is 0.133 e. The SMILES string of the molecule is CCC(C)(CO)Nc1ncnc2c1CCCC2. The molecule has 1 aliphatic carbocycles. The summed E-state index contributed by atoms with van der Waals surface area (Å²) in [6.45, 7) is 4.20. The van der Waals surface area contributed by atoms with E-state index in [-0.39, 0.29) is 12.1 Å². The highest BCUT2D eigenvalue weighted by Crippen LogP contribution is 2.27. The van der Waals surface area contributed by atoms with Gasteiger partial charge in [0.15, 0.2) is 0 Å². The first-order valence-electron chi connectivity index (χ1n) is 6.40. The van der Waals surface area contributed by atoms with Gasteiger partial charge in [0.05, 0.1) is 12.1 Å². The Kier molecular flexibility index (Phi) is 3.62. The fraction of sp³-hybridized carbons (Fsp3) is 0.692. The van der Waals surface area contributed by atoms with Gasteiger partial charge in [0.2, 0.25) is 0 Å². The van der Waals surface area contributed by atoms with Gasteiger partial charge in [0.25, 0.3) is 0 Å². The summed E-state index contributed by atoms with van der Waals surface area (Å²) >= 11 is 0. The maximum absolute atomic E-state index is 9.44. The van der Waals surface area contributed by atoms with Crippen LogP contribution in [0.1, 0.15) is 44.4 Å². The summed E-state index contributed by atoms with van der Waals surface area (Å²) < 4.78 is 0. The average Bonchev–Trinajstić information content (AvgIpc) is 2.39. The molecule has 0 bridgehead atoms. The molecular weight excluding hydrogens is 214 g/mol. The van der Waals surface area contributed by atoms with Crippen LogP contribution < -0.4 is 5.32 Å². The molecule has 0 radical (unpaired) electrons. The van der Waals surface area contributed by atoms with E-state index in [0.717, 1.165) is 25.1 Å². The number of fused-ring (bicyclic) bond motifs is 1. The monoisotopic (exact) mass is 235 g/mol. The highest BCUT2D eigenvalue weighted by atomic mass is 16.3. The van der Waals surface area contributed by atoms with E-state index in [2.05, 4.69) is 22.2 Å². The zero-order chi connectivity index (χ0) is 12.3. The molecule has 1 aromatic heterocycles. The molecule has 0 aromatic carbocycles. The Balaban J connectivity index is 2.27. The third-order valence-corrected chi connectivity index (χ3v) is 3.67. The first kappa shape index (κ1) is 12.3. The number of nitrogens with zero attached hydrogens (tertiary/aromatic N) is 2. The van der Waals surface area contributed by atoms with Crippen LogP contribution in [0.2, 0.25) is 0 Å². The van der Waals surface area contributed by atoms with Crippen LogP contribution in [0, 0.1) is 0 Å². The van der Waals surface area contributed by atoms with Crippen LogP contribution in [-0.4, -0.2) is 27.2 Å². The van der Waals surface area contributed by atoms with Gasteiger partial charge in [-0.1, -0.05) is 6.92 Å². The Labute approximate surface area is 102 Å². The van der Waals surface area contributed by atoms with E-state index in [9.17, 15) is 5.11 Å². The summed E-state index contributed by atoms with van der Waals surface area (Å²) in [4.78, 5) is 8.69. The summed E-state index contributed by atoms with van der Waals surface area (Å²) in [5.74, 6) is 0.910. The number of hydrogen-bond acceptors (Lipinski definition) is 4. The van der Waals surface area contributed by atoms with E-state index in [1.807, 2.05) is 6.92 Å². The van der Waals surface area contributed by atoms with Gasteiger partial charge in [-0.3, -0.25) is 0 Å². The van der Waals surface area contributed by atoms with Gasteiger partial charge < -0.3 is 10.4 Å². The lowest BCUT2D eigenvalue weighted by molar-refractivity contribution is 0.218. The summed E-state index contributed by atoms with van der Waals surface area (Å²) in [6, 6.07) is 0. The zero-order valence-corrected chi connectivity index (χ0v) is 10.7. The smallest absolute Gasteiger partial charge is 0.133 e. The molecule has 94 valence electrons. The molecule has 1 unspecified atom stereocenters. The topological polar surface area (TPSA) is 58.0 Å². The van der Waals surface area contributed by atoms with E-state index < -0.39 is 0 Å². The van der Waals surface area contributed by atoms with E-state index in [1.54, 1.807) is 6.33 Å². The van der Waals surface area contributed by atoms with Gasteiger partial charge in [-0.2, -0.15) is 0 Å². The van der Waals surface area contributed by atoms with E-state index in [0.29, 0.717) is 0 Å². The molecule has 1 aromatic rings. The highest BCUT2D eigenvalue weighted by molar-refractivity contribution is 5.48. The summed E-state index contributed by atoms with van der Waals surface area (Å²) in [5, 5.41) is 12.8. The molecule has 1 atom stereocenters. The standard InChI is InChI=1S/C13H21N3O/c1-3-13(2,8-17)16-12-10-6-4-5-7-11(10)14-9-15-12/h9,17H,3-8H2,1-2H3,(H,14,15,16). The van der Waals surface area contributed by atoms with Crippen molar-refractivity contribution in [1.29, 1.82) is 0 Å². The molecule has 4 heteroatoms. The number of aryl methyl sites for hydroxylation is 1. The van der Waals surface area contributed by atoms with Crippen molar-refractivity contribution in [3.8, 4) is 0 Å². The average molecular weight is 235 g/mol. The number of nitrogens with one attached hydrogen (secondary N) is 1. The predicted molar refractivity (Wildman–Crippen MR) is 68.1 cm³/mol. The van der Waals surface area contributed by atoms with Crippen molar-refractivity contribution in [3.05, 3.63) is 17.6 Å². The lowest BCUT2D eigenvalue weighted by atomic mass is 9.94. The Morgan fingerprint density at radius 2 is 2.12 bits per heavy atom.